The van der Waals surface area contributed by atoms with Crippen LogP contribution >= 0.6 is 0 Å². The molecule has 0 bridgehead atoms. The first-order valence-corrected chi connectivity index (χ1v) is 6.16. The quantitative estimate of drug-likeness (QED) is 0.812. The van der Waals surface area contributed by atoms with Gasteiger partial charge in [-0.15, -0.1) is 6.42 Å². The molecule has 1 saturated carbocycles. The molecule has 3 nitrogen and oxygen atoms in total. The molecule has 0 atom stereocenters. The van der Waals surface area contributed by atoms with Crippen molar-refractivity contribution in [3.8, 4) is 12.3 Å². The summed E-state index contributed by atoms with van der Waals surface area (Å²) in [6, 6.07) is 10.3. The number of rotatable bonds is 2. The summed E-state index contributed by atoms with van der Waals surface area (Å²) in [5, 5.41) is 0. The van der Waals surface area contributed by atoms with Crippen molar-refractivity contribution in [3.63, 3.8) is 0 Å². The lowest BCUT2D eigenvalue weighted by molar-refractivity contribution is 0.0292. The zero-order chi connectivity index (χ0) is 13.0. The zero-order valence-corrected chi connectivity index (χ0v) is 10.3. The largest absolute Gasteiger partial charge is 0.430 e. The SMILES string of the molecule is C#CC1(OC(N)=O)CCC(c2ccccc2)CC1. The van der Waals surface area contributed by atoms with Gasteiger partial charge in [0.2, 0.25) is 0 Å². The van der Waals surface area contributed by atoms with Gasteiger partial charge in [-0.2, -0.15) is 0 Å². The van der Waals surface area contributed by atoms with Crippen LogP contribution in [0, 0.1) is 12.3 Å². The molecule has 2 N–H and O–H groups in total. The van der Waals surface area contributed by atoms with E-state index in [4.69, 9.17) is 16.9 Å². The number of hydrogen-bond acceptors (Lipinski definition) is 2. The predicted molar refractivity (Wildman–Crippen MR) is 69.9 cm³/mol. The van der Waals surface area contributed by atoms with Crippen LogP contribution in [0.4, 0.5) is 4.79 Å². The second-order valence-electron chi connectivity index (χ2n) is 4.74. The molecule has 2 rings (SSSR count). The van der Waals surface area contributed by atoms with E-state index in [9.17, 15) is 4.79 Å². The van der Waals surface area contributed by atoms with Gasteiger partial charge >= 0.3 is 6.09 Å². The minimum absolute atomic E-state index is 0.490. The van der Waals surface area contributed by atoms with Crippen molar-refractivity contribution >= 4 is 6.09 Å². The standard InChI is InChI=1S/C15H17NO2/c1-2-15(18-14(16)17)10-8-13(9-11-15)12-6-4-3-5-7-12/h1,3-7,13H,8-11H2,(H2,16,17). The Labute approximate surface area is 107 Å². The first-order chi connectivity index (χ1) is 8.65. The molecule has 0 unspecified atom stereocenters. The van der Waals surface area contributed by atoms with Crippen LogP contribution in [0.2, 0.25) is 0 Å². The third-order valence-corrected chi connectivity index (χ3v) is 3.62. The molecule has 1 amide bonds. The fourth-order valence-electron chi connectivity index (χ4n) is 2.61. The van der Waals surface area contributed by atoms with Gasteiger partial charge in [-0.05, 0) is 37.2 Å². The molecule has 18 heavy (non-hydrogen) atoms. The number of primary amides is 1. The molecule has 0 aliphatic heterocycles. The van der Waals surface area contributed by atoms with Gasteiger partial charge in [-0.25, -0.2) is 4.79 Å². The highest BCUT2D eigenvalue weighted by Crippen LogP contribution is 2.39. The third kappa shape index (κ3) is 2.65. The van der Waals surface area contributed by atoms with E-state index in [0.717, 1.165) is 12.8 Å². The van der Waals surface area contributed by atoms with Crippen LogP contribution in [-0.2, 0) is 4.74 Å². The van der Waals surface area contributed by atoms with E-state index in [1.165, 1.54) is 5.56 Å². The van der Waals surface area contributed by atoms with E-state index >= 15 is 0 Å². The molecule has 0 spiro atoms. The molecule has 0 aromatic heterocycles. The number of terminal acetylenes is 1. The Bertz CT molecular complexity index is 453. The fraction of sp³-hybridized carbons (Fsp3) is 0.400. The average Bonchev–Trinajstić information content (AvgIpc) is 2.40. The van der Waals surface area contributed by atoms with Gasteiger partial charge in [-0.3, -0.25) is 0 Å². The zero-order valence-electron chi connectivity index (χ0n) is 10.3. The number of amides is 1. The number of ether oxygens (including phenoxy) is 1. The lowest BCUT2D eigenvalue weighted by atomic mass is 9.76. The van der Waals surface area contributed by atoms with Crippen LogP contribution in [0.3, 0.4) is 0 Å². The molecule has 0 saturated heterocycles. The topological polar surface area (TPSA) is 52.3 Å². The molecule has 1 aliphatic carbocycles. The molecule has 0 radical (unpaired) electrons. The maximum Gasteiger partial charge on any atom is 0.406 e. The molecule has 3 heteroatoms. The number of carbonyl (C=O) groups is 1. The Kier molecular flexibility index (Phi) is 3.57. The van der Waals surface area contributed by atoms with Gasteiger partial charge < -0.3 is 10.5 Å². The molecule has 1 aromatic carbocycles. The Morgan fingerprint density at radius 1 is 1.33 bits per heavy atom. The Morgan fingerprint density at radius 2 is 1.94 bits per heavy atom. The lowest BCUT2D eigenvalue weighted by Crippen LogP contribution is -2.39. The predicted octanol–water partition coefficient (Wildman–Crippen LogP) is 2.81. The Hall–Kier alpha value is -1.95. The summed E-state index contributed by atoms with van der Waals surface area (Å²) < 4.78 is 5.11. The summed E-state index contributed by atoms with van der Waals surface area (Å²) in [5.41, 5.74) is 5.60. The minimum Gasteiger partial charge on any atom is -0.430 e. The smallest absolute Gasteiger partial charge is 0.406 e. The van der Waals surface area contributed by atoms with Crippen molar-refractivity contribution in [2.45, 2.75) is 37.2 Å². The van der Waals surface area contributed by atoms with Crippen LogP contribution in [-0.4, -0.2) is 11.7 Å². The van der Waals surface area contributed by atoms with E-state index < -0.39 is 11.7 Å². The van der Waals surface area contributed by atoms with Gasteiger partial charge in [0.1, 0.15) is 0 Å². The van der Waals surface area contributed by atoms with Crippen LogP contribution in [0.15, 0.2) is 30.3 Å². The molecule has 1 aliphatic rings. The molecule has 0 heterocycles. The average molecular weight is 243 g/mol. The normalized spacial score (nSPS) is 27.2. The molecule has 1 fully saturated rings. The molecular weight excluding hydrogens is 226 g/mol. The van der Waals surface area contributed by atoms with E-state index in [2.05, 4.69) is 18.1 Å². The second-order valence-corrected chi connectivity index (χ2v) is 4.74. The van der Waals surface area contributed by atoms with Gasteiger partial charge in [0, 0.05) is 0 Å². The van der Waals surface area contributed by atoms with E-state index in [0.29, 0.717) is 18.8 Å². The third-order valence-electron chi connectivity index (χ3n) is 3.62. The number of carbonyl (C=O) groups excluding carboxylic acids is 1. The fourth-order valence-corrected chi connectivity index (χ4v) is 2.61. The maximum atomic E-state index is 10.9. The summed E-state index contributed by atoms with van der Waals surface area (Å²) in [6.07, 6.45) is 7.88. The highest BCUT2D eigenvalue weighted by molar-refractivity contribution is 5.65. The van der Waals surface area contributed by atoms with Crippen LogP contribution in [0.5, 0.6) is 0 Å². The van der Waals surface area contributed by atoms with Crippen molar-refractivity contribution in [1.82, 2.24) is 0 Å². The second kappa shape index (κ2) is 5.14. The van der Waals surface area contributed by atoms with E-state index in [1.54, 1.807) is 0 Å². The highest BCUT2D eigenvalue weighted by Gasteiger charge is 2.37. The minimum atomic E-state index is -0.795. The van der Waals surface area contributed by atoms with Crippen molar-refractivity contribution in [1.29, 1.82) is 0 Å². The monoisotopic (exact) mass is 243 g/mol. The van der Waals surface area contributed by atoms with Crippen LogP contribution in [0.1, 0.15) is 37.2 Å². The molecular formula is C15H17NO2. The first kappa shape index (κ1) is 12.5. The van der Waals surface area contributed by atoms with Crippen molar-refractivity contribution in [2.24, 2.45) is 5.73 Å². The van der Waals surface area contributed by atoms with Gasteiger partial charge in [0.05, 0.1) is 0 Å². The number of nitrogens with two attached hydrogens (primary N) is 1. The van der Waals surface area contributed by atoms with Crippen LogP contribution < -0.4 is 5.73 Å². The molecule has 94 valence electrons. The van der Waals surface area contributed by atoms with Crippen molar-refractivity contribution < 1.29 is 9.53 Å². The van der Waals surface area contributed by atoms with Crippen LogP contribution in [0.25, 0.3) is 0 Å². The van der Waals surface area contributed by atoms with E-state index in [-0.39, 0.29) is 0 Å². The summed E-state index contributed by atoms with van der Waals surface area (Å²) in [5.74, 6) is 3.09. The summed E-state index contributed by atoms with van der Waals surface area (Å²) >= 11 is 0. The molecule has 1 aromatic rings. The Morgan fingerprint density at radius 3 is 2.44 bits per heavy atom. The summed E-state index contributed by atoms with van der Waals surface area (Å²) in [6.45, 7) is 0. The van der Waals surface area contributed by atoms with Gasteiger partial charge in [-0.1, -0.05) is 36.3 Å². The highest BCUT2D eigenvalue weighted by atomic mass is 16.6. The summed E-state index contributed by atoms with van der Waals surface area (Å²) in [7, 11) is 0. The summed E-state index contributed by atoms with van der Waals surface area (Å²) in [4.78, 5) is 10.9. The number of benzene rings is 1. The lowest BCUT2D eigenvalue weighted by Gasteiger charge is -2.35. The first-order valence-electron chi connectivity index (χ1n) is 6.16. The number of hydrogen-bond donors (Lipinski definition) is 1. The van der Waals surface area contributed by atoms with Gasteiger partial charge in [0.25, 0.3) is 0 Å². The van der Waals surface area contributed by atoms with Crippen molar-refractivity contribution in [2.75, 3.05) is 0 Å². The Balaban J connectivity index is 2.03. The van der Waals surface area contributed by atoms with E-state index in [1.807, 2.05) is 18.2 Å². The van der Waals surface area contributed by atoms with Gasteiger partial charge in [0.15, 0.2) is 5.60 Å². The van der Waals surface area contributed by atoms with Crippen molar-refractivity contribution in [3.05, 3.63) is 35.9 Å². The maximum absolute atomic E-state index is 10.9.